The molecule has 0 spiro atoms. The average Bonchev–Trinajstić information content (AvgIpc) is 2.58. The van der Waals surface area contributed by atoms with Crippen molar-refractivity contribution in [1.29, 1.82) is 0 Å². The largest absolute Gasteiger partial charge is 0.383 e. The summed E-state index contributed by atoms with van der Waals surface area (Å²) >= 11 is 0. The number of hydrogen-bond donors (Lipinski definition) is 1. The molecule has 1 aliphatic heterocycles. The maximum Gasteiger partial charge on any atom is 0.0630 e. The lowest BCUT2D eigenvalue weighted by Gasteiger charge is -2.38. The molecule has 19 heavy (non-hydrogen) atoms. The molecule has 0 aromatic rings. The van der Waals surface area contributed by atoms with Gasteiger partial charge in [-0.3, -0.25) is 4.90 Å². The second kappa shape index (κ2) is 8.23. The number of nitrogens with one attached hydrogen (secondary N) is 1. The summed E-state index contributed by atoms with van der Waals surface area (Å²) in [5.41, 5.74) is 0.180. The maximum absolute atomic E-state index is 5.47. The smallest absolute Gasteiger partial charge is 0.0630 e. The highest BCUT2D eigenvalue weighted by Gasteiger charge is 2.27. The zero-order chi connectivity index (χ0) is 14.3. The van der Waals surface area contributed by atoms with Crippen LogP contribution in [0.15, 0.2) is 0 Å². The Morgan fingerprint density at radius 3 is 2.58 bits per heavy atom. The number of likely N-dealkylation sites (tertiary alicyclic amines) is 1. The van der Waals surface area contributed by atoms with Crippen molar-refractivity contribution < 1.29 is 4.74 Å². The third-order valence-electron chi connectivity index (χ3n) is 4.09. The molecule has 1 saturated heterocycles. The lowest BCUT2D eigenvalue weighted by molar-refractivity contribution is 0.0567. The van der Waals surface area contributed by atoms with Crippen LogP contribution in [0.1, 0.15) is 59.8 Å². The van der Waals surface area contributed by atoms with Crippen molar-refractivity contribution in [1.82, 2.24) is 10.2 Å². The zero-order valence-electron chi connectivity index (χ0n) is 13.7. The van der Waals surface area contributed by atoms with Gasteiger partial charge in [0.2, 0.25) is 0 Å². The molecule has 0 radical (unpaired) electrons. The van der Waals surface area contributed by atoms with Crippen LogP contribution in [-0.4, -0.2) is 49.3 Å². The Morgan fingerprint density at radius 1 is 1.26 bits per heavy atom. The summed E-state index contributed by atoms with van der Waals surface area (Å²) < 4.78 is 5.47. The normalized spacial score (nSPS) is 24.2. The monoisotopic (exact) mass is 270 g/mol. The fraction of sp³-hybridized carbons (Fsp3) is 1.00. The first-order valence-corrected chi connectivity index (χ1v) is 7.97. The maximum atomic E-state index is 5.47. The fourth-order valence-electron chi connectivity index (χ4n) is 3.01. The summed E-state index contributed by atoms with van der Waals surface area (Å²) in [6.07, 6.45) is 6.73. The predicted octanol–water partition coefficient (Wildman–Crippen LogP) is 3.04. The van der Waals surface area contributed by atoms with E-state index < -0.39 is 0 Å². The van der Waals surface area contributed by atoms with Crippen molar-refractivity contribution in [2.24, 2.45) is 0 Å². The molecular weight excluding hydrogens is 236 g/mol. The van der Waals surface area contributed by atoms with Crippen molar-refractivity contribution in [3.63, 3.8) is 0 Å². The third kappa shape index (κ3) is 6.24. The average molecular weight is 270 g/mol. The van der Waals surface area contributed by atoms with Gasteiger partial charge >= 0.3 is 0 Å². The minimum atomic E-state index is 0.180. The topological polar surface area (TPSA) is 24.5 Å². The van der Waals surface area contributed by atoms with Crippen LogP contribution in [0.25, 0.3) is 0 Å². The molecule has 1 aliphatic rings. The summed E-state index contributed by atoms with van der Waals surface area (Å²) in [5, 5.41) is 3.65. The molecule has 1 rings (SSSR count). The Bertz CT molecular complexity index is 237. The van der Waals surface area contributed by atoms with E-state index in [-0.39, 0.29) is 5.54 Å². The molecule has 1 N–H and O–H groups in total. The third-order valence-corrected chi connectivity index (χ3v) is 4.09. The van der Waals surface area contributed by atoms with Gasteiger partial charge in [-0.25, -0.2) is 0 Å². The molecule has 1 heterocycles. The number of hydrogen-bond acceptors (Lipinski definition) is 3. The summed E-state index contributed by atoms with van der Waals surface area (Å²) in [5.74, 6) is 0. The van der Waals surface area contributed by atoms with Crippen LogP contribution in [0.3, 0.4) is 0 Å². The molecule has 0 aliphatic carbocycles. The molecule has 2 unspecified atom stereocenters. The van der Waals surface area contributed by atoms with Crippen LogP contribution in [-0.2, 0) is 4.74 Å². The second-order valence-electron chi connectivity index (χ2n) is 6.89. The molecule has 0 aromatic carbocycles. The van der Waals surface area contributed by atoms with Crippen molar-refractivity contribution in [3.8, 4) is 0 Å². The van der Waals surface area contributed by atoms with Crippen LogP contribution in [0.2, 0.25) is 0 Å². The lowest BCUT2D eigenvalue weighted by Crippen LogP contribution is -2.52. The molecule has 2 atom stereocenters. The van der Waals surface area contributed by atoms with Crippen LogP contribution in [0, 0.1) is 0 Å². The van der Waals surface area contributed by atoms with Gasteiger partial charge in [0.15, 0.2) is 0 Å². The highest BCUT2D eigenvalue weighted by atomic mass is 16.5. The second-order valence-corrected chi connectivity index (χ2v) is 6.89. The predicted molar refractivity (Wildman–Crippen MR) is 82.7 cm³/mol. The minimum absolute atomic E-state index is 0.180. The van der Waals surface area contributed by atoms with Gasteiger partial charge in [-0.1, -0.05) is 19.8 Å². The molecule has 0 amide bonds. The van der Waals surface area contributed by atoms with Crippen molar-refractivity contribution >= 4 is 0 Å². The standard InChI is InChI=1S/C16H34N2O/c1-6-14-10-8-7-9-11-18(14)15(13-19-5)12-17-16(2,3)4/h14-15,17H,6-13H2,1-5H3. The number of rotatable bonds is 6. The van der Waals surface area contributed by atoms with Gasteiger partial charge in [-0.05, 0) is 46.6 Å². The molecule has 114 valence electrons. The molecule has 3 heteroatoms. The highest BCUT2D eigenvalue weighted by molar-refractivity contribution is 4.84. The van der Waals surface area contributed by atoms with Crippen molar-refractivity contribution in [2.45, 2.75) is 77.4 Å². The van der Waals surface area contributed by atoms with E-state index in [9.17, 15) is 0 Å². The highest BCUT2D eigenvalue weighted by Crippen LogP contribution is 2.21. The van der Waals surface area contributed by atoms with E-state index in [1.54, 1.807) is 0 Å². The number of methoxy groups -OCH3 is 1. The van der Waals surface area contributed by atoms with E-state index >= 15 is 0 Å². The Morgan fingerprint density at radius 2 is 2.00 bits per heavy atom. The van der Waals surface area contributed by atoms with E-state index in [4.69, 9.17) is 4.74 Å². The van der Waals surface area contributed by atoms with Crippen molar-refractivity contribution in [2.75, 3.05) is 26.8 Å². The Balaban J connectivity index is 2.65. The van der Waals surface area contributed by atoms with Gasteiger partial charge in [0, 0.05) is 31.3 Å². The van der Waals surface area contributed by atoms with Crippen molar-refractivity contribution in [3.05, 3.63) is 0 Å². The van der Waals surface area contributed by atoms with Gasteiger partial charge in [-0.2, -0.15) is 0 Å². The van der Waals surface area contributed by atoms with Gasteiger partial charge in [0.1, 0.15) is 0 Å². The van der Waals surface area contributed by atoms with Gasteiger partial charge in [0.05, 0.1) is 6.61 Å². The van der Waals surface area contributed by atoms with Crippen LogP contribution >= 0.6 is 0 Å². The zero-order valence-corrected chi connectivity index (χ0v) is 13.7. The molecule has 3 nitrogen and oxygen atoms in total. The summed E-state index contributed by atoms with van der Waals surface area (Å²) in [4.78, 5) is 2.70. The Labute approximate surface area is 120 Å². The van der Waals surface area contributed by atoms with Crippen LogP contribution in [0.5, 0.6) is 0 Å². The van der Waals surface area contributed by atoms with Gasteiger partial charge in [0.25, 0.3) is 0 Å². The van der Waals surface area contributed by atoms with Crippen LogP contribution in [0.4, 0.5) is 0 Å². The van der Waals surface area contributed by atoms with E-state index in [2.05, 4.69) is 37.9 Å². The summed E-state index contributed by atoms with van der Waals surface area (Å²) in [7, 11) is 1.82. The van der Waals surface area contributed by atoms with E-state index in [0.717, 1.165) is 19.2 Å². The molecule has 0 aromatic heterocycles. The van der Waals surface area contributed by atoms with E-state index in [1.165, 1.54) is 38.6 Å². The molecular formula is C16H34N2O. The van der Waals surface area contributed by atoms with E-state index in [0.29, 0.717) is 6.04 Å². The Kier molecular flexibility index (Phi) is 7.33. The first-order valence-electron chi connectivity index (χ1n) is 7.97. The summed E-state index contributed by atoms with van der Waals surface area (Å²) in [6, 6.07) is 1.25. The summed E-state index contributed by atoms with van der Waals surface area (Å²) in [6.45, 7) is 12.1. The van der Waals surface area contributed by atoms with E-state index in [1.807, 2.05) is 7.11 Å². The molecule has 1 fully saturated rings. The number of nitrogens with zero attached hydrogens (tertiary/aromatic N) is 1. The van der Waals surface area contributed by atoms with Crippen LogP contribution < -0.4 is 5.32 Å². The van der Waals surface area contributed by atoms with Gasteiger partial charge < -0.3 is 10.1 Å². The number of ether oxygens (including phenoxy) is 1. The molecule has 0 bridgehead atoms. The lowest BCUT2D eigenvalue weighted by atomic mass is 10.0. The minimum Gasteiger partial charge on any atom is -0.383 e. The fourth-order valence-corrected chi connectivity index (χ4v) is 3.01. The quantitative estimate of drug-likeness (QED) is 0.803. The SMILES string of the molecule is CCC1CCCCCN1C(CNC(C)(C)C)COC. The Hall–Kier alpha value is -0.120. The first-order chi connectivity index (χ1) is 8.98. The molecule has 0 saturated carbocycles. The first kappa shape index (κ1) is 16.9. The van der Waals surface area contributed by atoms with Gasteiger partial charge in [-0.15, -0.1) is 0 Å².